The zero-order valence-electron chi connectivity index (χ0n) is 12.9. The van der Waals surface area contributed by atoms with Gasteiger partial charge in [-0.25, -0.2) is 4.79 Å². The lowest BCUT2D eigenvalue weighted by Gasteiger charge is -2.13. The number of carboxylic acid groups (broad SMARTS) is 1. The summed E-state index contributed by atoms with van der Waals surface area (Å²) in [7, 11) is 0. The van der Waals surface area contributed by atoms with Crippen LogP contribution in [-0.2, 0) is 16.0 Å². The molecule has 22 heavy (non-hydrogen) atoms. The zero-order valence-corrected chi connectivity index (χ0v) is 12.9. The largest absolute Gasteiger partial charge is 0.494 e. The summed E-state index contributed by atoms with van der Waals surface area (Å²) in [6, 6.07) is 6.94. The van der Waals surface area contributed by atoms with Crippen LogP contribution in [0.1, 0.15) is 38.2 Å². The van der Waals surface area contributed by atoms with Crippen LogP contribution >= 0.6 is 0 Å². The van der Waals surface area contributed by atoms with Gasteiger partial charge in [0, 0.05) is 6.42 Å². The fourth-order valence-electron chi connectivity index (χ4n) is 2.29. The zero-order chi connectivity index (χ0) is 15.9. The van der Waals surface area contributed by atoms with Crippen LogP contribution in [0.25, 0.3) is 0 Å². The highest BCUT2D eigenvalue weighted by atomic mass is 16.5. The highest BCUT2D eigenvalue weighted by molar-refractivity contribution is 5.84. The molecule has 1 aromatic rings. The molecular weight excluding hydrogens is 282 g/mol. The first-order valence-electron chi connectivity index (χ1n) is 7.84. The van der Waals surface area contributed by atoms with E-state index in [0.29, 0.717) is 19.4 Å². The molecular formula is C17H23NO4. The second-order valence-corrected chi connectivity index (χ2v) is 5.71. The number of hydrogen-bond donors (Lipinski definition) is 2. The van der Waals surface area contributed by atoms with E-state index in [2.05, 4.69) is 12.2 Å². The third-order valence-corrected chi connectivity index (χ3v) is 3.71. The first kappa shape index (κ1) is 16.3. The van der Waals surface area contributed by atoms with Crippen molar-refractivity contribution in [3.63, 3.8) is 0 Å². The fraction of sp³-hybridized carbons (Fsp3) is 0.529. The molecule has 1 fully saturated rings. The first-order chi connectivity index (χ1) is 10.6. The highest BCUT2D eigenvalue weighted by Gasteiger charge is 2.37. The smallest absolute Gasteiger partial charge is 0.326 e. The Morgan fingerprint density at radius 2 is 2.00 bits per heavy atom. The second-order valence-electron chi connectivity index (χ2n) is 5.71. The van der Waals surface area contributed by atoms with Gasteiger partial charge in [-0.1, -0.05) is 19.1 Å². The van der Waals surface area contributed by atoms with Crippen molar-refractivity contribution >= 4 is 11.9 Å². The van der Waals surface area contributed by atoms with Gasteiger partial charge < -0.3 is 15.2 Å². The van der Waals surface area contributed by atoms with Crippen LogP contribution in [0.3, 0.4) is 0 Å². The molecule has 1 saturated carbocycles. The average molecular weight is 305 g/mol. The normalized spacial score (nSPS) is 15.1. The molecule has 0 heterocycles. The van der Waals surface area contributed by atoms with E-state index in [4.69, 9.17) is 9.84 Å². The van der Waals surface area contributed by atoms with Crippen molar-refractivity contribution in [1.29, 1.82) is 0 Å². The van der Waals surface area contributed by atoms with E-state index in [-0.39, 0.29) is 11.8 Å². The Bertz CT molecular complexity index is 508. The lowest BCUT2D eigenvalue weighted by atomic mass is 10.1. The molecule has 0 spiro atoms. The quantitative estimate of drug-likeness (QED) is 0.734. The van der Waals surface area contributed by atoms with E-state index in [1.807, 2.05) is 24.3 Å². The number of aryl methyl sites for hydroxylation is 1. The standard InChI is InChI=1S/C17H23NO4/c1-2-11-22-14-8-3-12(4-9-14)5-10-15(19)18-16(17(20)21)13-6-7-13/h3-4,8-9,13,16H,2,5-7,10-11H2,1H3,(H,18,19)(H,20,21). The lowest BCUT2D eigenvalue weighted by Crippen LogP contribution is -2.42. The number of amides is 1. The molecule has 0 saturated heterocycles. The Kier molecular flexibility index (Phi) is 5.81. The Hall–Kier alpha value is -2.04. The maximum atomic E-state index is 11.9. The summed E-state index contributed by atoms with van der Waals surface area (Å²) >= 11 is 0. The molecule has 0 radical (unpaired) electrons. The molecule has 0 aliphatic heterocycles. The topological polar surface area (TPSA) is 75.6 Å². The SMILES string of the molecule is CCCOc1ccc(CCC(=O)NC(C(=O)O)C2CC2)cc1. The van der Waals surface area contributed by atoms with Gasteiger partial charge >= 0.3 is 5.97 Å². The molecule has 1 atom stereocenters. The number of rotatable bonds is 9. The third kappa shape index (κ3) is 5.06. The van der Waals surface area contributed by atoms with Crippen LogP contribution in [0.15, 0.2) is 24.3 Å². The van der Waals surface area contributed by atoms with Gasteiger partial charge in [0.1, 0.15) is 11.8 Å². The molecule has 1 aliphatic carbocycles. The first-order valence-corrected chi connectivity index (χ1v) is 7.84. The van der Waals surface area contributed by atoms with Crippen molar-refractivity contribution in [3.05, 3.63) is 29.8 Å². The number of carboxylic acids is 1. The van der Waals surface area contributed by atoms with Gasteiger partial charge in [-0.05, 0) is 49.3 Å². The summed E-state index contributed by atoms with van der Waals surface area (Å²) in [5.41, 5.74) is 1.04. The van der Waals surface area contributed by atoms with Crippen LogP contribution in [0.5, 0.6) is 5.75 Å². The van der Waals surface area contributed by atoms with Crippen LogP contribution in [-0.4, -0.2) is 29.6 Å². The predicted octanol–water partition coefficient (Wildman–Crippen LogP) is 2.39. The third-order valence-electron chi connectivity index (χ3n) is 3.71. The number of hydrogen-bond acceptors (Lipinski definition) is 3. The number of carbonyl (C=O) groups is 2. The summed E-state index contributed by atoms with van der Waals surface area (Å²) in [5.74, 6) is -0.204. The van der Waals surface area contributed by atoms with Crippen molar-refractivity contribution in [3.8, 4) is 5.75 Å². The molecule has 1 aromatic carbocycles. The fourth-order valence-corrected chi connectivity index (χ4v) is 2.29. The van der Waals surface area contributed by atoms with E-state index in [9.17, 15) is 9.59 Å². The maximum Gasteiger partial charge on any atom is 0.326 e. The summed E-state index contributed by atoms with van der Waals surface area (Å²) < 4.78 is 5.50. The second kappa shape index (κ2) is 7.82. The Labute approximate surface area is 130 Å². The Balaban J connectivity index is 1.76. The Morgan fingerprint density at radius 1 is 1.32 bits per heavy atom. The average Bonchev–Trinajstić information content (AvgIpc) is 3.34. The van der Waals surface area contributed by atoms with Gasteiger partial charge in [0.2, 0.25) is 5.91 Å². The number of aliphatic carboxylic acids is 1. The monoisotopic (exact) mass is 305 g/mol. The van der Waals surface area contributed by atoms with Crippen molar-refractivity contribution in [1.82, 2.24) is 5.32 Å². The summed E-state index contributed by atoms with van der Waals surface area (Å²) in [4.78, 5) is 23.0. The van der Waals surface area contributed by atoms with Crippen molar-refractivity contribution in [2.24, 2.45) is 5.92 Å². The Morgan fingerprint density at radius 3 is 2.55 bits per heavy atom. The number of nitrogens with one attached hydrogen (secondary N) is 1. The lowest BCUT2D eigenvalue weighted by molar-refractivity contribution is -0.142. The highest BCUT2D eigenvalue weighted by Crippen LogP contribution is 2.32. The molecule has 0 aromatic heterocycles. The number of carbonyl (C=O) groups excluding carboxylic acids is 1. The predicted molar refractivity (Wildman–Crippen MR) is 82.8 cm³/mol. The summed E-state index contributed by atoms with van der Waals surface area (Å²) in [6.45, 7) is 2.75. The molecule has 1 amide bonds. The molecule has 1 unspecified atom stereocenters. The molecule has 5 nitrogen and oxygen atoms in total. The van der Waals surface area contributed by atoms with Crippen LogP contribution < -0.4 is 10.1 Å². The number of ether oxygens (including phenoxy) is 1. The van der Waals surface area contributed by atoms with E-state index in [0.717, 1.165) is 30.6 Å². The van der Waals surface area contributed by atoms with Gasteiger partial charge in [-0.15, -0.1) is 0 Å². The summed E-state index contributed by atoms with van der Waals surface area (Å²) in [6.07, 6.45) is 3.63. The molecule has 1 aliphatic rings. The minimum Gasteiger partial charge on any atom is -0.494 e. The molecule has 2 N–H and O–H groups in total. The van der Waals surface area contributed by atoms with E-state index < -0.39 is 12.0 Å². The van der Waals surface area contributed by atoms with Crippen LogP contribution in [0.2, 0.25) is 0 Å². The number of benzene rings is 1. The van der Waals surface area contributed by atoms with Crippen molar-refractivity contribution in [2.45, 2.75) is 45.1 Å². The van der Waals surface area contributed by atoms with Gasteiger partial charge in [-0.2, -0.15) is 0 Å². The van der Waals surface area contributed by atoms with Crippen molar-refractivity contribution in [2.75, 3.05) is 6.61 Å². The van der Waals surface area contributed by atoms with E-state index >= 15 is 0 Å². The van der Waals surface area contributed by atoms with Gasteiger partial charge in [0.05, 0.1) is 6.61 Å². The van der Waals surface area contributed by atoms with Gasteiger partial charge in [0.25, 0.3) is 0 Å². The van der Waals surface area contributed by atoms with Crippen molar-refractivity contribution < 1.29 is 19.4 Å². The maximum absolute atomic E-state index is 11.9. The molecule has 2 rings (SSSR count). The minimum atomic E-state index is -0.937. The minimum absolute atomic E-state index is 0.108. The summed E-state index contributed by atoms with van der Waals surface area (Å²) in [5, 5.41) is 11.7. The van der Waals surface area contributed by atoms with E-state index in [1.165, 1.54) is 0 Å². The molecule has 0 bridgehead atoms. The van der Waals surface area contributed by atoms with Crippen LogP contribution in [0, 0.1) is 5.92 Å². The molecule has 5 heteroatoms. The van der Waals surface area contributed by atoms with E-state index in [1.54, 1.807) is 0 Å². The molecule has 120 valence electrons. The van der Waals surface area contributed by atoms with Gasteiger partial charge in [0.15, 0.2) is 0 Å². The van der Waals surface area contributed by atoms with Gasteiger partial charge in [-0.3, -0.25) is 4.79 Å². The van der Waals surface area contributed by atoms with Crippen LogP contribution in [0.4, 0.5) is 0 Å².